The Labute approximate surface area is 156 Å². The summed E-state index contributed by atoms with van der Waals surface area (Å²) < 4.78 is 16.1. The molecular formula is C18H29ClN2O4. The van der Waals surface area contributed by atoms with Gasteiger partial charge in [0, 0.05) is 30.7 Å². The molecule has 0 saturated carbocycles. The summed E-state index contributed by atoms with van der Waals surface area (Å²) in [5.41, 5.74) is 0.932. The van der Waals surface area contributed by atoms with Gasteiger partial charge in [0.05, 0.1) is 21.3 Å². The molecule has 1 amide bonds. The van der Waals surface area contributed by atoms with E-state index in [1.807, 2.05) is 12.1 Å². The molecule has 6 nitrogen and oxygen atoms in total. The van der Waals surface area contributed by atoms with Crippen molar-refractivity contribution in [3.8, 4) is 17.2 Å². The molecule has 2 N–H and O–H groups in total. The summed E-state index contributed by atoms with van der Waals surface area (Å²) in [7, 11) is 4.84. The molecule has 1 aromatic rings. The van der Waals surface area contributed by atoms with Crippen LogP contribution in [0.25, 0.3) is 0 Å². The minimum atomic E-state index is 0. The number of ether oxygens (including phenoxy) is 3. The fraction of sp³-hybridized carbons (Fsp3) is 0.611. The second-order valence-electron chi connectivity index (χ2n) is 6.01. The highest BCUT2D eigenvalue weighted by Crippen LogP contribution is 2.34. The van der Waals surface area contributed by atoms with Crippen molar-refractivity contribution in [2.75, 3.05) is 41.0 Å². The number of hydrogen-bond acceptors (Lipinski definition) is 5. The molecule has 1 unspecified atom stereocenters. The summed E-state index contributed by atoms with van der Waals surface area (Å²) in [5.74, 6) is 2.84. The molecule has 1 aromatic carbocycles. The first-order valence-electron chi connectivity index (χ1n) is 8.44. The SMILES string of the molecule is COc1cc(OC)c(CCNC(=O)CCC2CCNC2)c(OC)c1.Cl. The van der Waals surface area contributed by atoms with E-state index in [1.165, 1.54) is 6.42 Å². The van der Waals surface area contributed by atoms with Gasteiger partial charge in [0.25, 0.3) is 0 Å². The van der Waals surface area contributed by atoms with Crippen LogP contribution in [-0.2, 0) is 11.2 Å². The summed E-state index contributed by atoms with van der Waals surface area (Å²) in [6.07, 6.45) is 3.36. The molecule has 1 atom stereocenters. The van der Waals surface area contributed by atoms with Crippen LogP contribution in [0.15, 0.2) is 12.1 Å². The van der Waals surface area contributed by atoms with E-state index in [9.17, 15) is 4.79 Å². The second-order valence-corrected chi connectivity index (χ2v) is 6.01. The first-order valence-corrected chi connectivity index (χ1v) is 8.44. The van der Waals surface area contributed by atoms with Crippen LogP contribution in [0.3, 0.4) is 0 Å². The quantitative estimate of drug-likeness (QED) is 0.695. The molecule has 0 radical (unpaired) electrons. The minimum absolute atomic E-state index is 0. The van der Waals surface area contributed by atoms with E-state index in [1.54, 1.807) is 21.3 Å². The van der Waals surface area contributed by atoms with Crippen molar-refractivity contribution in [1.29, 1.82) is 0 Å². The lowest BCUT2D eigenvalue weighted by molar-refractivity contribution is -0.121. The van der Waals surface area contributed by atoms with Crippen LogP contribution in [-0.4, -0.2) is 46.9 Å². The van der Waals surface area contributed by atoms with Gasteiger partial charge in [-0.05, 0) is 38.3 Å². The number of carbonyl (C=O) groups excluding carboxylic acids is 1. The van der Waals surface area contributed by atoms with E-state index in [0.717, 1.165) is 25.1 Å². The van der Waals surface area contributed by atoms with Crippen molar-refractivity contribution in [3.05, 3.63) is 17.7 Å². The first-order chi connectivity index (χ1) is 11.7. The number of hydrogen-bond donors (Lipinski definition) is 2. The molecule has 2 rings (SSSR count). The Kier molecular flexibility index (Phi) is 9.45. The lowest BCUT2D eigenvalue weighted by Gasteiger charge is -2.15. The van der Waals surface area contributed by atoms with Gasteiger partial charge in [0.15, 0.2) is 0 Å². The number of amides is 1. The van der Waals surface area contributed by atoms with Crippen LogP contribution in [0.1, 0.15) is 24.8 Å². The van der Waals surface area contributed by atoms with Crippen LogP contribution in [0, 0.1) is 5.92 Å². The molecule has 7 heteroatoms. The van der Waals surface area contributed by atoms with E-state index in [-0.39, 0.29) is 18.3 Å². The van der Waals surface area contributed by atoms with Crippen molar-refractivity contribution in [2.45, 2.75) is 25.7 Å². The average molecular weight is 373 g/mol. The smallest absolute Gasteiger partial charge is 0.220 e. The highest BCUT2D eigenvalue weighted by atomic mass is 35.5. The summed E-state index contributed by atoms with van der Waals surface area (Å²) >= 11 is 0. The van der Waals surface area contributed by atoms with Crippen molar-refractivity contribution in [1.82, 2.24) is 10.6 Å². The lowest BCUT2D eigenvalue weighted by atomic mass is 10.0. The Hall–Kier alpha value is -1.66. The average Bonchev–Trinajstić information content (AvgIpc) is 3.13. The predicted molar refractivity (Wildman–Crippen MR) is 100 cm³/mol. The number of nitrogens with one attached hydrogen (secondary N) is 2. The molecule has 25 heavy (non-hydrogen) atoms. The zero-order chi connectivity index (χ0) is 17.4. The molecule has 0 bridgehead atoms. The molecule has 0 aliphatic carbocycles. The molecule has 0 aromatic heterocycles. The van der Waals surface area contributed by atoms with Gasteiger partial charge in [-0.25, -0.2) is 0 Å². The normalized spacial score (nSPS) is 16.0. The fourth-order valence-corrected chi connectivity index (χ4v) is 3.04. The Bertz CT molecular complexity index is 523. The van der Waals surface area contributed by atoms with Gasteiger partial charge in [0.2, 0.25) is 5.91 Å². The largest absolute Gasteiger partial charge is 0.496 e. The van der Waals surface area contributed by atoms with Gasteiger partial charge in [-0.2, -0.15) is 0 Å². The van der Waals surface area contributed by atoms with Crippen LogP contribution < -0.4 is 24.8 Å². The molecular weight excluding hydrogens is 344 g/mol. The van der Waals surface area contributed by atoms with E-state index in [0.29, 0.717) is 42.6 Å². The first kappa shape index (κ1) is 21.4. The van der Waals surface area contributed by atoms with Gasteiger partial charge in [0.1, 0.15) is 17.2 Å². The predicted octanol–water partition coefficient (Wildman–Crippen LogP) is 2.18. The van der Waals surface area contributed by atoms with E-state index < -0.39 is 0 Å². The number of halogens is 1. The number of benzene rings is 1. The highest BCUT2D eigenvalue weighted by molar-refractivity contribution is 5.85. The third-order valence-electron chi connectivity index (χ3n) is 4.46. The Balaban J connectivity index is 0.00000312. The monoisotopic (exact) mass is 372 g/mol. The minimum Gasteiger partial charge on any atom is -0.496 e. The maximum absolute atomic E-state index is 12.0. The van der Waals surface area contributed by atoms with Crippen LogP contribution >= 0.6 is 12.4 Å². The van der Waals surface area contributed by atoms with Gasteiger partial charge >= 0.3 is 0 Å². The third-order valence-corrected chi connectivity index (χ3v) is 4.46. The zero-order valence-corrected chi connectivity index (χ0v) is 16.0. The number of rotatable bonds is 9. The van der Waals surface area contributed by atoms with Gasteiger partial charge in [-0.1, -0.05) is 0 Å². The fourth-order valence-electron chi connectivity index (χ4n) is 3.04. The molecule has 1 aliphatic heterocycles. The highest BCUT2D eigenvalue weighted by Gasteiger charge is 2.16. The van der Waals surface area contributed by atoms with Crippen LogP contribution in [0.5, 0.6) is 17.2 Å². The summed E-state index contributed by atoms with van der Waals surface area (Å²) in [4.78, 5) is 12.0. The second kappa shape index (κ2) is 11.1. The van der Waals surface area contributed by atoms with Gasteiger partial charge < -0.3 is 24.8 Å². The Morgan fingerprint density at radius 1 is 1.20 bits per heavy atom. The standard InChI is InChI=1S/C18H28N2O4.ClH/c1-22-14-10-16(23-2)15(17(11-14)24-3)7-9-20-18(21)5-4-13-6-8-19-12-13;/h10-11,13,19H,4-9,12H2,1-3H3,(H,20,21);1H. The van der Waals surface area contributed by atoms with Crippen molar-refractivity contribution in [3.63, 3.8) is 0 Å². The Morgan fingerprint density at radius 3 is 2.40 bits per heavy atom. The number of carbonyl (C=O) groups is 1. The molecule has 1 heterocycles. The van der Waals surface area contributed by atoms with E-state index >= 15 is 0 Å². The summed E-state index contributed by atoms with van der Waals surface area (Å²) in [5, 5.41) is 6.31. The molecule has 1 fully saturated rings. The maximum atomic E-state index is 12.0. The van der Waals surface area contributed by atoms with Crippen LogP contribution in [0.2, 0.25) is 0 Å². The van der Waals surface area contributed by atoms with Crippen molar-refractivity contribution in [2.24, 2.45) is 5.92 Å². The van der Waals surface area contributed by atoms with Gasteiger partial charge in [-0.15, -0.1) is 12.4 Å². The topological polar surface area (TPSA) is 68.8 Å². The van der Waals surface area contributed by atoms with Crippen LogP contribution in [0.4, 0.5) is 0 Å². The van der Waals surface area contributed by atoms with Crippen molar-refractivity contribution >= 4 is 18.3 Å². The molecule has 1 saturated heterocycles. The molecule has 142 valence electrons. The summed E-state index contributed by atoms with van der Waals surface area (Å²) in [6.45, 7) is 2.66. The maximum Gasteiger partial charge on any atom is 0.220 e. The molecule has 0 spiro atoms. The number of methoxy groups -OCH3 is 3. The molecule has 1 aliphatic rings. The summed E-state index contributed by atoms with van der Waals surface area (Å²) in [6, 6.07) is 3.65. The Morgan fingerprint density at radius 2 is 1.88 bits per heavy atom. The van der Waals surface area contributed by atoms with Crippen molar-refractivity contribution < 1.29 is 19.0 Å². The van der Waals surface area contributed by atoms with E-state index in [2.05, 4.69) is 10.6 Å². The third kappa shape index (κ3) is 6.29. The zero-order valence-electron chi connectivity index (χ0n) is 15.2. The van der Waals surface area contributed by atoms with Gasteiger partial charge in [-0.3, -0.25) is 4.79 Å². The van der Waals surface area contributed by atoms with E-state index in [4.69, 9.17) is 14.2 Å². The lowest BCUT2D eigenvalue weighted by Crippen LogP contribution is -2.26.